The number of fused-ring (bicyclic) bond motifs is 3. The van der Waals surface area contributed by atoms with Crippen LogP contribution in [0.4, 0.5) is 0 Å². The van der Waals surface area contributed by atoms with E-state index in [1.807, 2.05) is 54.6 Å². The number of aromatic amines is 1. The number of amides is 1. The van der Waals surface area contributed by atoms with E-state index in [2.05, 4.69) is 9.82 Å². The summed E-state index contributed by atoms with van der Waals surface area (Å²) in [6, 6.07) is 27.1. The summed E-state index contributed by atoms with van der Waals surface area (Å²) in [6.07, 6.45) is -1.03. The molecule has 1 unspecified atom stereocenters. The lowest BCUT2D eigenvalue weighted by molar-refractivity contribution is -0.763. The van der Waals surface area contributed by atoms with Crippen LogP contribution in [0.15, 0.2) is 91.0 Å². The molecule has 0 aliphatic heterocycles. The van der Waals surface area contributed by atoms with Gasteiger partial charge in [-0.15, -0.1) is 10.1 Å². The van der Waals surface area contributed by atoms with Gasteiger partial charge in [-0.05, 0) is 48.0 Å². The minimum Gasteiger partial charge on any atom is -0.493 e. The van der Waals surface area contributed by atoms with Crippen molar-refractivity contribution in [1.29, 1.82) is 0 Å². The predicted molar refractivity (Wildman–Crippen MR) is 160 cm³/mol. The van der Waals surface area contributed by atoms with Crippen LogP contribution in [-0.2, 0) is 11.4 Å². The highest BCUT2D eigenvalue weighted by Gasteiger charge is 2.21. The Kier molecular flexibility index (Phi) is 9.23. The molecular weight excluding hydrogens is 554 g/mol. The Morgan fingerprint density at radius 3 is 2.47 bits per heavy atom. The minimum atomic E-state index is -1.03. The predicted octanol–water partition coefficient (Wildman–Crippen LogP) is 5.00. The molecule has 222 valence electrons. The molecule has 2 N–H and O–H groups in total. The number of nitrogens with zero attached hydrogens (tertiary/aromatic N) is 2. The summed E-state index contributed by atoms with van der Waals surface area (Å²) in [7, 11) is 1.54. The normalized spacial score (nSPS) is 11.7. The molecule has 1 atom stereocenters. The molecular formula is C32H31N3O8. The lowest BCUT2D eigenvalue weighted by atomic mass is 10.1. The van der Waals surface area contributed by atoms with Gasteiger partial charge < -0.3 is 34.0 Å². The Morgan fingerprint density at radius 2 is 1.65 bits per heavy atom. The topological polar surface area (TPSA) is 136 Å². The SMILES string of the molecule is COc1ccccc1OCCN(CC(O)COc1cccc2[nH]c3ccccc3c12)C(=O)c1cccc(CO[N+](=O)[O-])c1. The van der Waals surface area contributed by atoms with Crippen molar-refractivity contribution in [3.8, 4) is 17.2 Å². The van der Waals surface area contributed by atoms with E-state index in [9.17, 15) is 20.0 Å². The zero-order valence-corrected chi connectivity index (χ0v) is 23.5. The van der Waals surface area contributed by atoms with Crippen LogP contribution in [-0.4, -0.2) is 65.5 Å². The summed E-state index contributed by atoms with van der Waals surface area (Å²) in [6.45, 7) is -0.138. The van der Waals surface area contributed by atoms with Gasteiger partial charge in [0.05, 0.1) is 25.7 Å². The number of ether oxygens (including phenoxy) is 3. The molecule has 0 bridgehead atoms. The first-order valence-electron chi connectivity index (χ1n) is 13.6. The first kappa shape index (κ1) is 29.2. The molecule has 11 nitrogen and oxygen atoms in total. The molecule has 0 aliphatic rings. The second-order valence-corrected chi connectivity index (χ2v) is 9.76. The number of hydrogen-bond acceptors (Lipinski definition) is 8. The fourth-order valence-electron chi connectivity index (χ4n) is 4.87. The van der Waals surface area contributed by atoms with Crippen LogP contribution >= 0.6 is 0 Å². The van der Waals surface area contributed by atoms with Crippen LogP contribution in [0.5, 0.6) is 17.2 Å². The van der Waals surface area contributed by atoms with Crippen molar-refractivity contribution < 1.29 is 34.0 Å². The molecule has 1 amide bonds. The minimum absolute atomic E-state index is 0.0480. The number of aromatic nitrogens is 1. The highest BCUT2D eigenvalue weighted by atomic mass is 16.9. The van der Waals surface area contributed by atoms with E-state index in [-0.39, 0.29) is 38.8 Å². The number of benzene rings is 4. The number of aliphatic hydroxyl groups is 1. The zero-order valence-electron chi connectivity index (χ0n) is 23.5. The van der Waals surface area contributed by atoms with E-state index in [0.717, 1.165) is 21.8 Å². The Balaban J connectivity index is 1.31. The van der Waals surface area contributed by atoms with Crippen LogP contribution in [0, 0.1) is 10.1 Å². The molecule has 1 heterocycles. The molecule has 0 fully saturated rings. The number of carbonyl (C=O) groups excluding carboxylic acids is 1. The lowest BCUT2D eigenvalue weighted by Crippen LogP contribution is -2.42. The summed E-state index contributed by atoms with van der Waals surface area (Å²) in [5.74, 6) is 1.31. The Morgan fingerprint density at radius 1 is 0.930 bits per heavy atom. The van der Waals surface area contributed by atoms with Gasteiger partial charge in [-0.1, -0.05) is 48.5 Å². The quantitative estimate of drug-likeness (QED) is 0.137. The van der Waals surface area contributed by atoms with E-state index in [0.29, 0.717) is 28.4 Å². The third-order valence-electron chi connectivity index (χ3n) is 6.84. The fraction of sp³-hybridized carbons (Fsp3) is 0.219. The second-order valence-electron chi connectivity index (χ2n) is 9.76. The van der Waals surface area contributed by atoms with Gasteiger partial charge in [0.25, 0.3) is 11.0 Å². The maximum absolute atomic E-state index is 13.6. The number of carbonyl (C=O) groups is 1. The molecule has 0 aliphatic carbocycles. The van der Waals surface area contributed by atoms with Crippen molar-refractivity contribution in [3.63, 3.8) is 0 Å². The van der Waals surface area contributed by atoms with Crippen molar-refractivity contribution in [2.45, 2.75) is 12.7 Å². The molecule has 0 saturated heterocycles. The number of nitrogens with one attached hydrogen (secondary N) is 1. The van der Waals surface area contributed by atoms with Gasteiger partial charge >= 0.3 is 0 Å². The maximum atomic E-state index is 13.6. The molecule has 1 aromatic heterocycles. The summed E-state index contributed by atoms with van der Waals surface area (Å²) >= 11 is 0. The van der Waals surface area contributed by atoms with E-state index < -0.39 is 11.2 Å². The van der Waals surface area contributed by atoms with Crippen molar-refractivity contribution in [2.75, 3.05) is 33.4 Å². The fourth-order valence-corrected chi connectivity index (χ4v) is 4.87. The molecule has 5 rings (SSSR count). The number of aliphatic hydroxyl groups excluding tert-OH is 1. The highest BCUT2D eigenvalue weighted by molar-refractivity contribution is 6.10. The van der Waals surface area contributed by atoms with Crippen LogP contribution < -0.4 is 14.2 Å². The second kappa shape index (κ2) is 13.6. The molecule has 0 radical (unpaired) electrons. The lowest BCUT2D eigenvalue weighted by Gasteiger charge is -2.26. The Labute approximate surface area is 247 Å². The summed E-state index contributed by atoms with van der Waals surface area (Å²) < 4.78 is 17.3. The number of rotatable bonds is 14. The van der Waals surface area contributed by atoms with Crippen LogP contribution in [0.3, 0.4) is 0 Å². The highest BCUT2D eigenvalue weighted by Crippen LogP contribution is 2.33. The standard InChI is InChI=1S/C32H31N3O8/c1-40-28-13-4-5-14-29(28)41-17-16-34(32(37)23-9-6-8-22(18-23)20-43-35(38)39)19-24(36)21-42-30-15-7-12-27-31(30)25-10-2-3-11-26(25)33-27/h2-15,18,24,33,36H,16-17,19-21H2,1H3. The van der Waals surface area contributed by atoms with Gasteiger partial charge in [0.15, 0.2) is 11.5 Å². The van der Waals surface area contributed by atoms with Gasteiger partial charge in [0, 0.05) is 21.9 Å². The van der Waals surface area contributed by atoms with Crippen molar-refractivity contribution in [3.05, 3.63) is 112 Å². The monoisotopic (exact) mass is 585 g/mol. The first-order chi connectivity index (χ1) is 20.9. The summed E-state index contributed by atoms with van der Waals surface area (Å²) in [5, 5.41) is 22.7. The number of H-pyrrole nitrogens is 1. The van der Waals surface area contributed by atoms with Crippen molar-refractivity contribution in [2.24, 2.45) is 0 Å². The van der Waals surface area contributed by atoms with Crippen molar-refractivity contribution >= 4 is 27.7 Å². The number of methoxy groups -OCH3 is 1. The van der Waals surface area contributed by atoms with Crippen LogP contribution in [0.2, 0.25) is 0 Å². The third-order valence-corrected chi connectivity index (χ3v) is 6.84. The Hall–Kier alpha value is -5.29. The smallest absolute Gasteiger partial charge is 0.294 e. The Bertz CT molecular complexity index is 1720. The number of hydrogen-bond donors (Lipinski definition) is 2. The third kappa shape index (κ3) is 7.14. The molecule has 5 aromatic rings. The average molecular weight is 586 g/mol. The van der Waals surface area contributed by atoms with Gasteiger partial charge in [0.2, 0.25) is 0 Å². The van der Waals surface area contributed by atoms with Gasteiger partial charge in [-0.2, -0.15) is 0 Å². The molecule has 11 heteroatoms. The van der Waals surface area contributed by atoms with Gasteiger partial charge in [-0.3, -0.25) is 4.79 Å². The van der Waals surface area contributed by atoms with E-state index in [1.54, 1.807) is 37.4 Å². The molecule has 0 spiro atoms. The van der Waals surface area contributed by atoms with Gasteiger partial charge in [0.1, 0.15) is 31.7 Å². The largest absolute Gasteiger partial charge is 0.493 e. The maximum Gasteiger partial charge on any atom is 0.294 e. The molecule has 0 saturated carbocycles. The van der Waals surface area contributed by atoms with E-state index in [1.165, 1.54) is 11.0 Å². The van der Waals surface area contributed by atoms with Gasteiger partial charge in [-0.25, -0.2) is 0 Å². The van der Waals surface area contributed by atoms with Crippen LogP contribution in [0.25, 0.3) is 21.8 Å². The van der Waals surface area contributed by atoms with Crippen molar-refractivity contribution in [1.82, 2.24) is 9.88 Å². The zero-order chi connectivity index (χ0) is 30.2. The summed E-state index contributed by atoms with van der Waals surface area (Å²) in [5.41, 5.74) is 2.65. The molecule has 43 heavy (non-hydrogen) atoms. The average Bonchev–Trinajstić information content (AvgIpc) is 3.41. The van der Waals surface area contributed by atoms with E-state index in [4.69, 9.17) is 14.2 Å². The van der Waals surface area contributed by atoms with E-state index >= 15 is 0 Å². The molecule has 4 aromatic carbocycles. The van der Waals surface area contributed by atoms with Crippen LogP contribution in [0.1, 0.15) is 15.9 Å². The first-order valence-corrected chi connectivity index (χ1v) is 13.6. The summed E-state index contributed by atoms with van der Waals surface area (Å²) in [4.78, 5) is 33.5. The number of para-hydroxylation sites is 3.